The highest BCUT2D eigenvalue weighted by atomic mass is 16.6. The molecule has 0 unspecified atom stereocenters. The van der Waals surface area contributed by atoms with E-state index in [0.29, 0.717) is 5.57 Å². The highest BCUT2D eigenvalue weighted by molar-refractivity contribution is 5.78. The van der Waals surface area contributed by atoms with E-state index in [4.69, 9.17) is 18.9 Å². The van der Waals surface area contributed by atoms with Gasteiger partial charge >= 0.3 is 23.9 Å². The summed E-state index contributed by atoms with van der Waals surface area (Å²) in [5, 5.41) is 22.4. The topological polar surface area (TPSA) is 146 Å². The van der Waals surface area contributed by atoms with Crippen LogP contribution in [0.3, 0.4) is 0 Å². The average molecular weight is 521 g/mol. The van der Waals surface area contributed by atoms with E-state index in [0.717, 1.165) is 0 Å². The Morgan fingerprint density at radius 3 is 2.22 bits per heavy atom. The Balaban J connectivity index is 2.48. The molecule has 1 heterocycles. The smallest absolute Gasteiger partial charge is 0.312 e. The standard InChI is InChI=1S/C27H36O10/c1-14-8-10-20(34-16(3)29)26(7)21(35-17(4)30)11-9-19(13-28)12-22-27(33,15(2)23(32)37-22)24(25(14,26)6)36-18(5)31/h8-9,11-12,15,20-22,24,28,33H,10,13H2,1-7H3/b11-9-,19-12+/t15-,20-,21-,22-,24+,25+,26+,27-/m0/s1. The van der Waals surface area contributed by atoms with E-state index < -0.39 is 77.2 Å². The molecule has 0 aromatic heterocycles. The maximum atomic E-state index is 12.8. The minimum atomic E-state index is -2.10. The molecule has 0 amide bonds. The lowest BCUT2D eigenvalue weighted by atomic mass is 9.48. The zero-order valence-corrected chi connectivity index (χ0v) is 22.3. The molecule has 10 heteroatoms. The number of esters is 4. The molecule has 0 bridgehead atoms. The molecule has 1 saturated heterocycles. The lowest BCUT2D eigenvalue weighted by Gasteiger charge is -2.60. The summed E-state index contributed by atoms with van der Waals surface area (Å²) >= 11 is 0. The van der Waals surface area contributed by atoms with Gasteiger partial charge in [0, 0.05) is 32.6 Å². The molecule has 3 aliphatic rings. The number of fused-ring (bicyclic) bond motifs is 2. The van der Waals surface area contributed by atoms with Crippen LogP contribution in [0.2, 0.25) is 0 Å². The second-order valence-electron chi connectivity index (χ2n) is 10.5. The lowest BCUT2D eigenvalue weighted by Crippen LogP contribution is -2.69. The van der Waals surface area contributed by atoms with Crippen molar-refractivity contribution in [2.45, 2.75) is 84.9 Å². The number of carbonyl (C=O) groups excluding carboxylic acids is 4. The third kappa shape index (κ3) is 4.50. The summed E-state index contributed by atoms with van der Waals surface area (Å²) in [6, 6.07) is 0. The van der Waals surface area contributed by atoms with Gasteiger partial charge in [0.25, 0.3) is 0 Å². The molecule has 204 valence electrons. The van der Waals surface area contributed by atoms with Crippen LogP contribution in [0, 0.1) is 16.7 Å². The third-order valence-corrected chi connectivity index (χ3v) is 8.44. The van der Waals surface area contributed by atoms with Gasteiger partial charge in [-0.25, -0.2) is 0 Å². The van der Waals surface area contributed by atoms with E-state index >= 15 is 0 Å². The van der Waals surface area contributed by atoms with Crippen molar-refractivity contribution in [2.24, 2.45) is 16.7 Å². The summed E-state index contributed by atoms with van der Waals surface area (Å²) in [5.74, 6) is -3.77. The van der Waals surface area contributed by atoms with E-state index in [-0.39, 0.29) is 12.0 Å². The molecular weight excluding hydrogens is 484 g/mol. The van der Waals surface area contributed by atoms with Crippen molar-refractivity contribution in [2.75, 3.05) is 6.61 Å². The van der Waals surface area contributed by atoms with Crippen LogP contribution in [0.4, 0.5) is 0 Å². The Morgan fingerprint density at radius 1 is 1.08 bits per heavy atom. The fourth-order valence-electron chi connectivity index (χ4n) is 6.09. The minimum absolute atomic E-state index is 0.255. The van der Waals surface area contributed by atoms with Gasteiger partial charge in [0.1, 0.15) is 18.3 Å². The van der Waals surface area contributed by atoms with E-state index in [1.165, 1.54) is 39.8 Å². The predicted molar refractivity (Wildman–Crippen MR) is 130 cm³/mol. The molecule has 8 atom stereocenters. The van der Waals surface area contributed by atoms with Crippen molar-refractivity contribution in [3.8, 4) is 0 Å². The minimum Gasteiger partial charge on any atom is -0.461 e. The van der Waals surface area contributed by atoms with Crippen molar-refractivity contribution >= 4 is 23.9 Å². The molecular formula is C27H36O10. The van der Waals surface area contributed by atoms with Crippen molar-refractivity contribution < 1.29 is 48.3 Å². The van der Waals surface area contributed by atoms with E-state index in [9.17, 15) is 29.4 Å². The first-order chi connectivity index (χ1) is 17.1. The van der Waals surface area contributed by atoms with Crippen molar-refractivity contribution in [1.29, 1.82) is 0 Å². The molecule has 0 radical (unpaired) electrons. The van der Waals surface area contributed by atoms with Gasteiger partial charge in [-0.15, -0.1) is 0 Å². The quantitative estimate of drug-likeness (QED) is 0.320. The van der Waals surface area contributed by atoms with Crippen LogP contribution in [0.5, 0.6) is 0 Å². The molecule has 1 fully saturated rings. The molecule has 0 aromatic rings. The monoisotopic (exact) mass is 520 g/mol. The van der Waals surface area contributed by atoms with E-state index in [2.05, 4.69) is 0 Å². The second kappa shape index (κ2) is 10.1. The van der Waals surface area contributed by atoms with Crippen LogP contribution in [-0.4, -0.2) is 70.7 Å². The van der Waals surface area contributed by atoms with Gasteiger partial charge in [0.15, 0.2) is 11.7 Å². The molecule has 0 aromatic carbocycles. The molecule has 2 N–H and O–H groups in total. The largest absolute Gasteiger partial charge is 0.461 e. The molecule has 0 saturated carbocycles. The fourth-order valence-corrected chi connectivity index (χ4v) is 6.09. The first kappa shape index (κ1) is 28.6. The van der Waals surface area contributed by atoms with Crippen LogP contribution < -0.4 is 0 Å². The summed E-state index contributed by atoms with van der Waals surface area (Å²) in [6.45, 7) is 9.92. The van der Waals surface area contributed by atoms with Gasteiger partial charge in [-0.3, -0.25) is 19.2 Å². The molecule has 2 aliphatic carbocycles. The zero-order chi connectivity index (χ0) is 27.9. The number of aliphatic hydroxyl groups is 2. The average Bonchev–Trinajstić information content (AvgIpc) is 3.02. The Bertz CT molecular complexity index is 1070. The predicted octanol–water partition coefficient (Wildman–Crippen LogP) is 1.93. The fraction of sp³-hybridized carbons (Fsp3) is 0.630. The van der Waals surface area contributed by atoms with Crippen molar-refractivity contribution in [3.05, 3.63) is 35.5 Å². The molecule has 10 nitrogen and oxygen atoms in total. The Kier molecular flexibility index (Phi) is 7.77. The van der Waals surface area contributed by atoms with E-state index in [1.807, 2.05) is 6.08 Å². The Labute approximate surface area is 216 Å². The van der Waals surface area contributed by atoms with Crippen LogP contribution in [0.25, 0.3) is 0 Å². The van der Waals surface area contributed by atoms with Gasteiger partial charge in [-0.1, -0.05) is 31.6 Å². The molecule has 1 aliphatic heterocycles. The van der Waals surface area contributed by atoms with Gasteiger partial charge in [-0.05, 0) is 31.6 Å². The summed E-state index contributed by atoms with van der Waals surface area (Å²) in [4.78, 5) is 49.9. The number of rotatable bonds is 4. The number of carbonyl (C=O) groups is 4. The van der Waals surface area contributed by atoms with Gasteiger partial charge in [0.2, 0.25) is 0 Å². The summed E-state index contributed by atoms with van der Waals surface area (Å²) in [7, 11) is 0. The van der Waals surface area contributed by atoms with Crippen LogP contribution in [-0.2, 0) is 38.1 Å². The first-order valence-electron chi connectivity index (χ1n) is 12.2. The molecule has 0 spiro atoms. The Hall–Kier alpha value is -2.98. The summed E-state index contributed by atoms with van der Waals surface area (Å²) in [6.07, 6.45) is 1.90. The maximum Gasteiger partial charge on any atom is 0.312 e. The summed E-state index contributed by atoms with van der Waals surface area (Å²) in [5.41, 5.74) is -3.85. The lowest BCUT2D eigenvalue weighted by molar-refractivity contribution is -0.236. The zero-order valence-electron chi connectivity index (χ0n) is 22.3. The SMILES string of the molecule is CC(=O)O[C@H]1/C=C\C(CO)=C/[C@@H]2OC(=O)[C@H](C)[C@@]2(O)[C@H](OC(C)=O)[C@@]2(C)C(C)=CC[C@H](OC(C)=O)[C@]12C. The second-order valence-corrected chi connectivity index (χ2v) is 10.5. The third-order valence-electron chi connectivity index (χ3n) is 8.44. The highest BCUT2D eigenvalue weighted by Crippen LogP contribution is 2.61. The van der Waals surface area contributed by atoms with Gasteiger partial charge in [0.05, 0.1) is 17.9 Å². The van der Waals surface area contributed by atoms with Crippen LogP contribution in [0.1, 0.15) is 54.9 Å². The summed E-state index contributed by atoms with van der Waals surface area (Å²) < 4.78 is 23.0. The Morgan fingerprint density at radius 2 is 1.68 bits per heavy atom. The number of hydrogen-bond acceptors (Lipinski definition) is 10. The van der Waals surface area contributed by atoms with Crippen molar-refractivity contribution in [1.82, 2.24) is 0 Å². The van der Waals surface area contributed by atoms with Gasteiger partial charge in [-0.2, -0.15) is 0 Å². The van der Waals surface area contributed by atoms with Crippen LogP contribution in [0.15, 0.2) is 35.5 Å². The van der Waals surface area contributed by atoms with Crippen molar-refractivity contribution in [3.63, 3.8) is 0 Å². The highest BCUT2D eigenvalue weighted by Gasteiger charge is 2.71. The maximum absolute atomic E-state index is 12.8. The molecule has 3 rings (SSSR count). The number of aliphatic hydroxyl groups excluding tert-OH is 1. The molecule has 37 heavy (non-hydrogen) atoms. The van der Waals surface area contributed by atoms with Crippen LogP contribution >= 0.6 is 0 Å². The van der Waals surface area contributed by atoms with E-state index in [1.54, 1.807) is 26.8 Å². The number of hydrogen-bond donors (Lipinski definition) is 2. The first-order valence-corrected chi connectivity index (χ1v) is 12.2. The van der Waals surface area contributed by atoms with Gasteiger partial charge < -0.3 is 29.2 Å². The normalized spacial score (nSPS) is 41.5. The number of ether oxygens (including phenoxy) is 4.